The molecule has 4 rings (SSSR count). The van der Waals surface area contributed by atoms with Gasteiger partial charge in [0.05, 0.1) is 21.8 Å². The average molecular weight is 495 g/mol. The lowest BCUT2D eigenvalue weighted by molar-refractivity contribution is -0.131. The minimum absolute atomic E-state index is 0.0245. The van der Waals surface area contributed by atoms with Gasteiger partial charge in [0.2, 0.25) is 11.8 Å². The van der Waals surface area contributed by atoms with Gasteiger partial charge in [-0.15, -0.1) is 0 Å². The van der Waals surface area contributed by atoms with E-state index in [1.807, 2.05) is 0 Å². The van der Waals surface area contributed by atoms with Crippen LogP contribution in [0.2, 0.25) is 0 Å². The number of benzene rings is 2. The van der Waals surface area contributed by atoms with Crippen molar-refractivity contribution in [1.29, 1.82) is 0 Å². The van der Waals surface area contributed by atoms with Crippen molar-refractivity contribution in [3.05, 3.63) is 71.1 Å². The molecule has 0 aromatic heterocycles. The molecule has 2 aliphatic heterocycles. The van der Waals surface area contributed by atoms with Gasteiger partial charge >= 0.3 is 5.97 Å². The van der Waals surface area contributed by atoms with Gasteiger partial charge in [-0.25, -0.2) is 9.79 Å². The molecule has 2 aromatic rings. The monoisotopic (exact) mass is 494 g/mol. The Labute approximate surface area is 204 Å². The molecule has 1 atom stereocenters. The molecular formula is C23H18N4O5S2. The fourth-order valence-electron chi connectivity index (χ4n) is 3.38. The fourth-order valence-corrected chi connectivity index (χ4v) is 4.75. The van der Waals surface area contributed by atoms with Crippen molar-refractivity contribution in [3.63, 3.8) is 0 Å². The van der Waals surface area contributed by atoms with E-state index in [0.717, 1.165) is 11.8 Å². The van der Waals surface area contributed by atoms with E-state index < -0.39 is 23.7 Å². The molecule has 9 nitrogen and oxygen atoms in total. The van der Waals surface area contributed by atoms with E-state index in [9.17, 15) is 19.2 Å². The number of hydrogen-bond donors (Lipinski definition) is 2. The van der Waals surface area contributed by atoms with Crippen molar-refractivity contribution in [2.75, 3.05) is 11.4 Å². The van der Waals surface area contributed by atoms with Crippen molar-refractivity contribution in [2.24, 2.45) is 10.9 Å². The number of nitrogens with one attached hydrogen (secondary N) is 1. The first-order chi connectivity index (χ1) is 16.3. The highest BCUT2D eigenvalue weighted by molar-refractivity contribution is 8.18. The number of aliphatic imine (C=N–C) groups is 1. The summed E-state index contributed by atoms with van der Waals surface area (Å²) in [6.45, 7) is 2.10. The second kappa shape index (κ2) is 9.57. The van der Waals surface area contributed by atoms with Gasteiger partial charge in [0.25, 0.3) is 5.91 Å². The molecule has 11 heteroatoms. The van der Waals surface area contributed by atoms with Crippen LogP contribution in [-0.2, 0) is 14.4 Å². The number of carbonyl (C=O) groups excluding carboxylic acids is 3. The molecule has 3 amide bonds. The summed E-state index contributed by atoms with van der Waals surface area (Å²) in [5, 5.41) is 11.9. The Kier molecular flexibility index (Phi) is 6.57. The minimum Gasteiger partial charge on any atom is -0.478 e. The van der Waals surface area contributed by atoms with Crippen LogP contribution in [0.25, 0.3) is 0 Å². The summed E-state index contributed by atoms with van der Waals surface area (Å²) in [5.41, 5.74) is 1.09. The first-order valence-corrected chi connectivity index (χ1v) is 11.4. The normalized spacial score (nSPS) is 20.9. The second-order valence-electron chi connectivity index (χ2n) is 7.21. The lowest BCUT2D eigenvalue weighted by Gasteiger charge is -2.31. The van der Waals surface area contributed by atoms with Crippen molar-refractivity contribution >= 4 is 69.3 Å². The Balaban J connectivity index is 1.63. The van der Waals surface area contributed by atoms with Gasteiger partial charge in [0.1, 0.15) is 5.92 Å². The first-order valence-electron chi connectivity index (χ1n) is 10.2. The molecule has 2 fully saturated rings. The van der Waals surface area contributed by atoms with Gasteiger partial charge in [-0.05, 0) is 73.4 Å². The highest BCUT2D eigenvalue weighted by Crippen LogP contribution is 2.34. The van der Waals surface area contributed by atoms with E-state index in [2.05, 4.69) is 10.3 Å². The van der Waals surface area contributed by atoms with Crippen LogP contribution in [0.3, 0.4) is 0 Å². The number of rotatable bonds is 5. The van der Waals surface area contributed by atoms with Crippen LogP contribution in [-0.4, -0.2) is 50.5 Å². The van der Waals surface area contributed by atoms with Crippen molar-refractivity contribution in [3.8, 4) is 0 Å². The zero-order valence-electron chi connectivity index (χ0n) is 17.8. The topological polar surface area (TPSA) is 119 Å². The van der Waals surface area contributed by atoms with Gasteiger partial charge < -0.3 is 10.4 Å². The molecule has 34 heavy (non-hydrogen) atoms. The van der Waals surface area contributed by atoms with Gasteiger partial charge in [0, 0.05) is 6.54 Å². The van der Waals surface area contributed by atoms with Gasteiger partial charge in [-0.2, -0.15) is 0 Å². The third-order valence-corrected chi connectivity index (χ3v) is 6.39. The molecule has 172 valence electrons. The number of carboxylic acids is 1. The number of aromatic carboxylic acids is 1. The Hall–Kier alpha value is -3.83. The number of hydrogen-bond acceptors (Lipinski definition) is 7. The van der Waals surface area contributed by atoms with Gasteiger partial charge in [-0.3, -0.25) is 24.2 Å². The first kappa shape index (κ1) is 23.3. The molecular weight excluding hydrogens is 476 g/mol. The fraction of sp³-hybridized carbons (Fsp3) is 0.130. The molecule has 0 radical (unpaired) electrons. The number of anilines is 1. The van der Waals surface area contributed by atoms with Crippen LogP contribution in [0.5, 0.6) is 0 Å². The maximum Gasteiger partial charge on any atom is 0.335 e. The number of likely N-dealkylation sites (N-methyl/N-ethyl adjacent to an activating group) is 1. The van der Waals surface area contributed by atoms with Gasteiger partial charge in [0.15, 0.2) is 10.3 Å². The average Bonchev–Trinajstić information content (AvgIpc) is 3.11. The second-order valence-corrected chi connectivity index (χ2v) is 8.61. The van der Waals surface area contributed by atoms with Crippen LogP contribution in [0.15, 0.2) is 70.6 Å². The Morgan fingerprint density at radius 2 is 1.82 bits per heavy atom. The Morgan fingerprint density at radius 1 is 1.15 bits per heavy atom. The summed E-state index contributed by atoms with van der Waals surface area (Å²) in [4.78, 5) is 57.1. The largest absolute Gasteiger partial charge is 0.478 e. The summed E-state index contributed by atoms with van der Waals surface area (Å²) >= 11 is 6.23. The highest BCUT2D eigenvalue weighted by Gasteiger charge is 2.41. The minimum atomic E-state index is -1.24. The van der Waals surface area contributed by atoms with Gasteiger partial charge in [-0.1, -0.05) is 18.2 Å². The van der Waals surface area contributed by atoms with E-state index in [4.69, 9.17) is 17.3 Å². The van der Waals surface area contributed by atoms with Crippen LogP contribution >= 0.6 is 24.0 Å². The molecule has 2 heterocycles. The Bertz CT molecular complexity index is 1260. The smallest absolute Gasteiger partial charge is 0.335 e. The van der Waals surface area contributed by atoms with Crippen LogP contribution in [0.4, 0.5) is 11.4 Å². The molecule has 0 bridgehead atoms. The number of thiocarbonyl (C=S) groups is 1. The Morgan fingerprint density at radius 3 is 2.44 bits per heavy atom. The lowest BCUT2D eigenvalue weighted by atomic mass is 10.0. The lowest BCUT2D eigenvalue weighted by Crippen LogP contribution is -2.57. The zero-order valence-corrected chi connectivity index (χ0v) is 19.4. The van der Waals surface area contributed by atoms with E-state index in [1.165, 1.54) is 40.1 Å². The van der Waals surface area contributed by atoms with Crippen LogP contribution in [0, 0.1) is 5.92 Å². The summed E-state index contributed by atoms with van der Waals surface area (Å²) in [7, 11) is 0. The van der Waals surface area contributed by atoms with E-state index >= 15 is 0 Å². The van der Waals surface area contributed by atoms with Crippen molar-refractivity contribution in [2.45, 2.75) is 6.92 Å². The molecule has 2 aliphatic rings. The molecule has 0 saturated carbocycles. The molecule has 1 unspecified atom stereocenters. The third kappa shape index (κ3) is 4.47. The SMILES string of the molecule is CCN1C(=O)C(=CC2C(=O)NC(=S)N(c3ccccc3)C2=O)SC1=Nc1ccc(C(=O)O)cc1. The molecule has 2 N–H and O–H groups in total. The molecule has 2 aromatic carbocycles. The molecule has 0 aliphatic carbocycles. The maximum atomic E-state index is 13.2. The number of amidine groups is 1. The van der Waals surface area contributed by atoms with Crippen LogP contribution in [0.1, 0.15) is 17.3 Å². The van der Waals surface area contributed by atoms with Crippen LogP contribution < -0.4 is 10.2 Å². The summed E-state index contributed by atoms with van der Waals surface area (Å²) in [5.74, 6) is -3.84. The zero-order chi connectivity index (χ0) is 24.4. The van der Waals surface area contributed by atoms with Crippen molar-refractivity contribution < 1.29 is 24.3 Å². The van der Waals surface area contributed by atoms with E-state index in [0.29, 0.717) is 23.1 Å². The highest BCUT2D eigenvalue weighted by atomic mass is 32.2. The molecule has 0 spiro atoms. The predicted molar refractivity (Wildman–Crippen MR) is 132 cm³/mol. The summed E-state index contributed by atoms with van der Waals surface area (Å²) < 4.78 is 0. The number of carbonyl (C=O) groups is 4. The standard InChI is InChI=1S/C23H18N4O5S2/c1-2-26-20(30)17(34-23(26)24-14-10-8-13(9-11-14)21(31)32)12-16-18(28)25-22(33)27(19(16)29)15-6-4-3-5-7-15/h3-12,16H,2H2,1H3,(H,31,32)(H,25,28,33). The number of amides is 3. The maximum absolute atomic E-state index is 13.2. The number of thioether (sulfide) groups is 1. The number of para-hydroxylation sites is 1. The quantitative estimate of drug-likeness (QED) is 0.373. The summed E-state index contributed by atoms with van der Waals surface area (Å²) in [6.07, 6.45) is 1.33. The molecule has 2 saturated heterocycles. The number of carboxylic acid groups (broad SMARTS) is 1. The van der Waals surface area contributed by atoms with E-state index in [-0.39, 0.29) is 21.5 Å². The van der Waals surface area contributed by atoms with Crippen molar-refractivity contribution in [1.82, 2.24) is 10.2 Å². The predicted octanol–water partition coefficient (Wildman–Crippen LogP) is 2.92. The third-order valence-electron chi connectivity index (χ3n) is 5.08. The summed E-state index contributed by atoms with van der Waals surface area (Å²) in [6, 6.07) is 14.6. The van der Waals surface area contributed by atoms with E-state index in [1.54, 1.807) is 37.3 Å². The number of nitrogens with zero attached hydrogens (tertiary/aromatic N) is 3.